The molecule has 1 aliphatic heterocycles. The van der Waals surface area contributed by atoms with Crippen molar-refractivity contribution in [2.24, 2.45) is 0 Å². The zero-order valence-corrected chi connectivity index (χ0v) is 10.5. The van der Waals surface area contributed by atoms with Crippen LogP contribution >= 0.6 is 11.8 Å². The highest BCUT2D eigenvalue weighted by molar-refractivity contribution is 8.00. The average molecular weight is 239 g/mol. The van der Waals surface area contributed by atoms with Crippen LogP contribution in [0.15, 0.2) is 12.1 Å². The predicted molar refractivity (Wildman–Crippen MR) is 69.3 cm³/mol. The van der Waals surface area contributed by atoms with E-state index in [4.69, 9.17) is 10.5 Å². The van der Waals surface area contributed by atoms with Crippen LogP contribution in [0.2, 0.25) is 0 Å². The molecular formula is C11H17N3OS. The minimum Gasteiger partial charge on any atom is -0.479 e. The number of nitrogen functional groups attached to an aromatic ring is 1. The molecule has 1 atom stereocenters. The molecule has 0 radical (unpaired) electrons. The van der Waals surface area contributed by atoms with E-state index in [0.717, 1.165) is 24.7 Å². The quantitative estimate of drug-likeness (QED) is 0.850. The van der Waals surface area contributed by atoms with Crippen LogP contribution in [-0.4, -0.2) is 36.2 Å². The zero-order chi connectivity index (χ0) is 11.5. The Morgan fingerprint density at radius 2 is 2.38 bits per heavy atom. The van der Waals surface area contributed by atoms with Crippen LogP contribution < -0.4 is 15.4 Å². The largest absolute Gasteiger partial charge is 0.479 e. The molecule has 0 aliphatic carbocycles. The Hall–Kier alpha value is -1.10. The molecule has 88 valence electrons. The van der Waals surface area contributed by atoms with Crippen molar-refractivity contribution in [1.82, 2.24) is 4.98 Å². The number of ether oxygens (including phenoxy) is 1. The van der Waals surface area contributed by atoms with Gasteiger partial charge in [-0.3, -0.25) is 0 Å². The van der Waals surface area contributed by atoms with Crippen LogP contribution in [-0.2, 0) is 0 Å². The second-order valence-electron chi connectivity index (χ2n) is 3.90. The fourth-order valence-electron chi connectivity index (χ4n) is 1.81. The lowest BCUT2D eigenvalue weighted by Gasteiger charge is -2.31. The van der Waals surface area contributed by atoms with Crippen molar-refractivity contribution < 1.29 is 4.74 Å². The lowest BCUT2D eigenvalue weighted by Crippen LogP contribution is -2.37. The highest BCUT2D eigenvalue weighted by Gasteiger charge is 2.18. The van der Waals surface area contributed by atoms with Gasteiger partial charge in [-0.25, -0.2) is 0 Å². The van der Waals surface area contributed by atoms with Crippen molar-refractivity contribution in [3.8, 4) is 5.88 Å². The number of pyridine rings is 1. The number of hydrogen-bond donors (Lipinski definition) is 1. The molecule has 5 heteroatoms. The molecule has 1 unspecified atom stereocenters. The van der Waals surface area contributed by atoms with Crippen LogP contribution in [0.25, 0.3) is 0 Å². The van der Waals surface area contributed by atoms with Crippen LogP contribution in [0.1, 0.15) is 6.92 Å². The van der Waals surface area contributed by atoms with Gasteiger partial charge in [-0.2, -0.15) is 16.7 Å². The predicted octanol–water partition coefficient (Wildman–Crippen LogP) is 1.61. The van der Waals surface area contributed by atoms with Gasteiger partial charge in [-0.05, 0) is 12.1 Å². The molecule has 2 rings (SSSR count). The molecule has 2 N–H and O–H groups in total. The number of aromatic nitrogens is 1. The number of hydrogen-bond acceptors (Lipinski definition) is 5. The maximum atomic E-state index is 5.75. The summed E-state index contributed by atoms with van der Waals surface area (Å²) in [6.45, 7) is 4.31. The number of anilines is 2. The molecule has 4 nitrogen and oxygen atoms in total. The summed E-state index contributed by atoms with van der Waals surface area (Å²) in [5.74, 6) is 2.62. The fourth-order valence-corrected chi connectivity index (χ4v) is 2.82. The van der Waals surface area contributed by atoms with E-state index in [1.807, 2.05) is 23.9 Å². The van der Waals surface area contributed by atoms with E-state index in [1.165, 1.54) is 0 Å². The molecule has 1 saturated heterocycles. The second kappa shape index (κ2) is 4.82. The Morgan fingerprint density at radius 3 is 3.06 bits per heavy atom. The number of rotatable bonds is 2. The minimum atomic E-state index is 0.517. The van der Waals surface area contributed by atoms with Crippen molar-refractivity contribution in [3.63, 3.8) is 0 Å². The molecule has 0 amide bonds. The summed E-state index contributed by atoms with van der Waals surface area (Å²) in [6, 6.07) is 3.81. The van der Waals surface area contributed by atoms with Crippen LogP contribution in [0.5, 0.6) is 5.88 Å². The van der Waals surface area contributed by atoms with Gasteiger partial charge in [0.25, 0.3) is 0 Å². The Bertz CT molecular complexity index is 372. The first-order chi connectivity index (χ1) is 7.70. The Kier molecular flexibility index (Phi) is 3.43. The van der Waals surface area contributed by atoms with Gasteiger partial charge in [0.1, 0.15) is 5.82 Å². The van der Waals surface area contributed by atoms with E-state index in [-0.39, 0.29) is 0 Å². The topological polar surface area (TPSA) is 51.4 Å². The molecule has 0 spiro atoms. The summed E-state index contributed by atoms with van der Waals surface area (Å²) in [5, 5.41) is 0.652. The molecular weight excluding hydrogens is 222 g/mol. The summed E-state index contributed by atoms with van der Waals surface area (Å²) < 4.78 is 5.14. The smallest absolute Gasteiger partial charge is 0.238 e. The monoisotopic (exact) mass is 239 g/mol. The third-order valence-electron chi connectivity index (χ3n) is 2.63. The zero-order valence-electron chi connectivity index (χ0n) is 9.64. The van der Waals surface area contributed by atoms with Crippen molar-refractivity contribution in [3.05, 3.63) is 12.1 Å². The van der Waals surface area contributed by atoms with Crippen LogP contribution in [0.3, 0.4) is 0 Å². The summed E-state index contributed by atoms with van der Waals surface area (Å²) in [4.78, 5) is 6.70. The average Bonchev–Trinajstić information content (AvgIpc) is 2.29. The molecule has 0 saturated carbocycles. The highest BCUT2D eigenvalue weighted by Crippen LogP contribution is 2.26. The van der Waals surface area contributed by atoms with E-state index in [2.05, 4.69) is 16.8 Å². The van der Waals surface area contributed by atoms with Gasteiger partial charge < -0.3 is 15.4 Å². The summed E-state index contributed by atoms with van der Waals surface area (Å²) >= 11 is 2.00. The lowest BCUT2D eigenvalue weighted by atomic mass is 10.3. The second-order valence-corrected chi connectivity index (χ2v) is 5.44. The molecule has 16 heavy (non-hydrogen) atoms. The summed E-state index contributed by atoms with van der Waals surface area (Å²) in [7, 11) is 1.59. The highest BCUT2D eigenvalue weighted by atomic mass is 32.2. The van der Waals surface area contributed by atoms with E-state index in [9.17, 15) is 0 Å². The summed E-state index contributed by atoms with van der Waals surface area (Å²) in [6.07, 6.45) is 0. The summed E-state index contributed by atoms with van der Waals surface area (Å²) in [5.41, 5.74) is 6.34. The van der Waals surface area contributed by atoms with E-state index < -0.39 is 0 Å². The molecule has 0 bridgehead atoms. The molecule has 1 aliphatic rings. The number of methoxy groups -OCH3 is 1. The van der Waals surface area contributed by atoms with E-state index >= 15 is 0 Å². The first kappa shape index (κ1) is 11.4. The normalized spacial score (nSPS) is 20.9. The maximum absolute atomic E-state index is 5.75. The Morgan fingerprint density at radius 1 is 1.56 bits per heavy atom. The first-order valence-electron chi connectivity index (χ1n) is 5.37. The van der Waals surface area contributed by atoms with Crippen LogP contribution in [0.4, 0.5) is 11.5 Å². The van der Waals surface area contributed by atoms with Gasteiger partial charge in [-0.15, -0.1) is 0 Å². The van der Waals surface area contributed by atoms with E-state index in [1.54, 1.807) is 7.11 Å². The standard InChI is InChI=1S/C11H17N3OS/c1-8-7-14(5-6-16-8)10-4-3-9(12)11(13-10)15-2/h3-4,8H,5-7,12H2,1-2H3. The van der Waals surface area contributed by atoms with Crippen LogP contribution in [0, 0.1) is 0 Å². The third kappa shape index (κ3) is 2.35. The minimum absolute atomic E-state index is 0.517. The number of nitrogens with zero attached hydrogens (tertiary/aromatic N) is 2. The van der Waals surface area contributed by atoms with Crippen molar-refractivity contribution in [1.29, 1.82) is 0 Å². The molecule has 2 heterocycles. The van der Waals surface area contributed by atoms with Gasteiger partial charge >= 0.3 is 0 Å². The van der Waals surface area contributed by atoms with Gasteiger partial charge in [0, 0.05) is 24.1 Å². The first-order valence-corrected chi connectivity index (χ1v) is 6.42. The van der Waals surface area contributed by atoms with E-state index in [0.29, 0.717) is 16.8 Å². The third-order valence-corrected chi connectivity index (χ3v) is 3.77. The van der Waals surface area contributed by atoms with Gasteiger partial charge in [0.05, 0.1) is 12.8 Å². The molecule has 0 aromatic carbocycles. The Labute approximate surface area is 100 Å². The SMILES string of the molecule is COc1nc(N2CCSC(C)C2)ccc1N. The van der Waals surface area contributed by atoms with Crippen molar-refractivity contribution >= 4 is 23.3 Å². The van der Waals surface area contributed by atoms with Crippen molar-refractivity contribution in [2.75, 3.05) is 36.6 Å². The molecule has 1 aromatic rings. The molecule has 1 fully saturated rings. The molecule has 1 aromatic heterocycles. The maximum Gasteiger partial charge on any atom is 0.238 e. The van der Waals surface area contributed by atoms with Gasteiger partial charge in [-0.1, -0.05) is 6.92 Å². The van der Waals surface area contributed by atoms with Crippen molar-refractivity contribution in [2.45, 2.75) is 12.2 Å². The number of thioether (sulfide) groups is 1. The Balaban J connectivity index is 2.19. The van der Waals surface area contributed by atoms with Gasteiger partial charge in [0.15, 0.2) is 0 Å². The fraction of sp³-hybridized carbons (Fsp3) is 0.545. The van der Waals surface area contributed by atoms with Gasteiger partial charge in [0.2, 0.25) is 5.88 Å². The lowest BCUT2D eigenvalue weighted by molar-refractivity contribution is 0.400. The number of nitrogens with two attached hydrogens (primary N) is 1.